The van der Waals surface area contributed by atoms with Crippen molar-refractivity contribution in [2.24, 2.45) is 0 Å². The van der Waals surface area contributed by atoms with Gasteiger partial charge in [0.2, 0.25) is 5.91 Å². The van der Waals surface area contributed by atoms with E-state index in [1.54, 1.807) is 7.05 Å². The maximum Gasteiger partial charge on any atom is 3.00 e. The van der Waals surface area contributed by atoms with Gasteiger partial charge in [0.15, 0.2) is 0 Å². The molecule has 0 bridgehead atoms. The van der Waals surface area contributed by atoms with E-state index in [9.17, 15) is 54.3 Å². The van der Waals surface area contributed by atoms with Gasteiger partial charge in [-0.1, -0.05) is 517 Å². The molecular weight excluding hydrogens is 1610 g/mol. The van der Waals surface area contributed by atoms with E-state index in [-0.39, 0.29) is 82.7 Å². The molecule has 0 heterocycles. The Balaban J connectivity index is -0.000000196. The first-order valence-corrected chi connectivity index (χ1v) is 49.4. The number of carbonyl (C=O) groups excluding carboxylic acids is 6. The van der Waals surface area contributed by atoms with Gasteiger partial charge in [0.25, 0.3) is 0 Å². The molecule has 0 aliphatic carbocycles. The fourth-order valence-electron chi connectivity index (χ4n) is 14.2. The summed E-state index contributed by atoms with van der Waals surface area (Å²) in [5.41, 5.74) is 0. The molecule has 12 nitrogen and oxygen atoms in total. The van der Waals surface area contributed by atoms with Crippen LogP contribution >= 0.6 is 0 Å². The Hall–Kier alpha value is -1.73. The van der Waals surface area contributed by atoms with E-state index < -0.39 is 29.8 Å². The number of hydrogen-bond donors (Lipinski definition) is 1. The predicted molar refractivity (Wildman–Crippen MR) is 482 cm³/mol. The van der Waals surface area contributed by atoms with E-state index >= 15 is 0 Å². The van der Waals surface area contributed by atoms with Gasteiger partial charge < -0.3 is 54.8 Å². The summed E-state index contributed by atoms with van der Waals surface area (Å²) in [5, 5.41) is 53.7. The van der Waals surface area contributed by atoms with Gasteiger partial charge in [-0.3, -0.25) is 4.79 Å². The SMILES string of the molecule is CCCCCCCC(=O)NC.CCCCCCCCCCCCCCCCCC(=O)[O-].CCCCCCCCCCCCCCCCCC(=O)[O-].CCCCCCCCCCCCCCCCCC(=O)[O-].CCCCCCCCCCCCCCCCCC(=O)[O-].CCCCCCCCCCCCCCCCCC(=O)[O-].[Al+3].[Pb+2]. The minimum absolute atomic E-state index is 0. The van der Waals surface area contributed by atoms with Gasteiger partial charge >= 0.3 is 44.7 Å². The third kappa shape index (κ3) is 152. The molecule has 14 heteroatoms. The summed E-state index contributed by atoms with van der Waals surface area (Å²) in [6.07, 6.45) is 106. The number of carboxylic acids is 5. The van der Waals surface area contributed by atoms with Crippen LogP contribution in [0.1, 0.15) is 594 Å². The van der Waals surface area contributed by atoms with Crippen LogP contribution in [0.25, 0.3) is 0 Å². The molecule has 0 aliphatic rings. The summed E-state index contributed by atoms with van der Waals surface area (Å²) in [4.78, 5) is 61.8. The maximum absolute atomic E-state index is 10.7. The molecule has 0 saturated carbocycles. The third-order valence-electron chi connectivity index (χ3n) is 21.7. The van der Waals surface area contributed by atoms with E-state index in [1.165, 1.54) is 443 Å². The van der Waals surface area contributed by atoms with Crippen LogP contribution in [0, 0.1) is 0 Å². The molecule has 0 spiro atoms. The standard InChI is InChI=1S/5C18H36O2.C9H19NO.Al.Pb/c5*1-2-3-4-5-6-7-8-9-10-11-12-13-14-15-16-17-18(19)20;1-3-4-5-6-7-8-9(11)10-2;;/h5*2-17H2,1H3,(H,19,20);3-8H2,1-2H3,(H,10,11);;/q;;;;;;+3;+2/p-5. The zero-order valence-electron chi connectivity index (χ0n) is 76.9. The minimum Gasteiger partial charge on any atom is -0.550 e. The van der Waals surface area contributed by atoms with Crippen molar-refractivity contribution in [3.63, 3.8) is 0 Å². The van der Waals surface area contributed by atoms with Gasteiger partial charge in [-0.2, -0.15) is 0 Å². The molecule has 0 aromatic carbocycles. The normalized spacial score (nSPS) is 10.5. The summed E-state index contributed by atoms with van der Waals surface area (Å²) < 4.78 is 0. The fraction of sp³-hybridized carbons (Fsp3) is 0.939. The van der Waals surface area contributed by atoms with Crippen LogP contribution in [0.4, 0.5) is 0 Å². The molecule has 0 unspecified atom stereocenters. The smallest absolute Gasteiger partial charge is 0.550 e. The number of nitrogens with one attached hydrogen (secondary N) is 1. The molecule has 0 atom stereocenters. The second-order valence-corrected chi connectivity index (χ2v) is 33.2. The first kappa shape index (κ1) is 127. The zero-order chi connectivity index (χ0) is 83.0. The molecule has 0 aliphatic heterocycles. The topological polar surface area (TPSA) is 230 Å². The Kier molecular flexibility index (Phi) is 139. The molecule has 113 heavy (non-hydrogen) atoms. The molecule has 0 aromatic heterocycles. The Labute approximate surface area is 735 Å². The fourth-order valence-corrected chi connectivity index (χ4v) is 14.2. The number of carbonyl (C=O) groups is 6. The van der Waals surface area contributed by atoms with Crippen LogP contribution in [0.2, 0.25) is 0 Å². The van der Waals surface area contributed by atoms with E-state index in [1.807, 2.05) is 0 Å². The van der Waals surface area contributed by atoms with Crippen LogP contribution in [0.15, 0.2) is 0 Å². The summed E-state index contributed by atoms with van der Waals surface area (Å²) in [5.74, 6) is -4.35. The first-order chi connectivity index (χ1) is 54.2. The van der Waals surface area contributed by atoms with E-state index in [0.29, 0.717) is 6.42 Å². The van der Waals surface area contributed by atoms with Crippen molar-refractivity contribution in [3.8, 4) is 0 Å². The predicted octanol–water partition coefficient (Wildman–Crippen LogP) is 26.3. The van der Waals surface area contributed by atoms with Gasteiger partial charge in [0.1, 0.15) is 0 Å². The number of carboxylic acid groups (broad SMARTS) is 5. The zero-order valence-corrected chi connectivity index (χ0v) is 81.9. The minimum atomic E-state index is -0.903. The van der Waals surface area contributed by atoms with Gasteiger partial charge in [0.05, 0.1) is 0 Å². The second-order valence-electron chi connectivity index (χ2n) is 33.2. The van der Waals surface area contributed by atoms with Crippen molar-refractivity contribution in [2.75, 3.05) is 7.05 Å². The van der Waals surface area contributed by atoms with Crippen molar-refractivity contribution in [1.82, 2.24) is 5.32 Å². The molecular formula is C99H194AlNO11Pb. The van der Waals surface area contributed by atoms with Crippen LogP contribution in [-0.4, -0.2) is 87.5 Å². The Morgan fingerprint density at radius 2 is 0.239 bits per heavy atom. The number of hydrogen-bond acceptors (Lipinski definition) is 11. The molecule has 0 rings (SSSR count). The van der Waals surface area contributed by atoms with Crippen molar-refractivity contribution in [2.45, 2.75) is 594 Å². The monoisotopic (exact) mass is 1810 g/mol. The molecule has 0 saturated heterocycles. The van der Waals surface area contributed by atoms with E-state index in [0.717, 1.165) is 70.6 Å². The molecule has 2 radical (unpaired) electrons. The van der Waals surface area contributed by atoms with Crippen LogP contribution < -0.4 is 30.8 Å². The Morgan fingerprint density at radius 3 is 0.319 bits per heavy atom. The molecule has 1 N–H and O–H groups in total. The van der Waals surface area contributed by atoms with Gasteiger partial charge in [-0.15, -0.1) is 0 Å². The average molecular weight is 1810 g/mol. The van der Waals surface area contributed by atoms with Gasteiger partial charge in [-0.05, 0) is 70.6 Å². The van der Waals surface area contributed by atoms with E-state index in [4.69, 9.17) is 0 Å². The number of unbranched alkanes of at least 4 members (excludes halogenated alkanes) is 74. The second kappa shape index (κ2) is 123. The van der Waals surface area contributed by atoms with Gasteiger partial charge in [0, 0.05) is 43.3 Å². The quantitative estimate of drug-likeness (QED) is 0.0444. The molecule has 1 amide bonds. The summed E-state index contributed by atoms with van der Waals surface area (Å²) in [7, 11) is 1.69. The summed E-state index contributed by atoms with van der Waals surface area (Å²) >= 11 is 0. The summed E-state index contributed by atoms with van der Waals surface area (Å²) in [6.45, 7) is 13.5. The molecule has 668 valence electrons. The van der Waals surface area contributed by atoms with Crippen LogP contribution in [0.5, 0.6) is 0 Å². The number of rotatable bonds is 86. The number of aliphatic carboxylic acids is 5. The average Bonchev–Trinajstić information content (AvgIpc) is 2.12. The largest absolute Gasteiger partial charge is 3.00 e. The van der Waals surface area contributed by atoms with Crippen LogP contribution in [-0.2, 0) is 28.8 Å². The van der Waals surface area contributed by atoms with Crippen LogP contribution in [0.3, 0.4) is 0 Å². The van der Waals surface area contributed by atoms with Crippen molar-refractivity contribution in [1.29, 1.82) is 0 Å². The van der Waals surface area contributed by atoms with E-state index in [2.05, 4.69) is 46.9 Å². The van der Waals surface area contributed by atoms with Crippen molar-refractivity contribution in [3.05, 3.63) is 0 Å². The Bertz CT molecular complexity index is 1500. The number of amides is 1. The molecule has 0 fully saturated rings. The molecule has 0 aromatic rings. The third-order valence-corrected chi connectivity index (χ3v) is 21.7. The van der Waals surface area contributed by atoms with Crippen molar-refractivity contribution < 1.29 is 54.3 Å². The summed E-state index contributed by atoms with van der Waals surface area (Å²) in [6, 6.07) is 0. The maximum atomic E-state index is 10.7. The van der Waals surface area contributed by atoms with Crippen molar-refractivity contribution >= 4 is 80.4 Å². The van der Waals surface area contributed by atoms with Gasteiger partial charge in [-0.25, -0.2) is 0 Å². The first-order valence-electron chi connectivity index (χ1n) is 49.4. The Morgan fingerprint density at radius 1 is 0.159 bits per heavy atom.